The Morgan fingerprint density at radius 3 is 2.43 bits per heavy atom. The molecule has 0 saturated carbocycles. The normalized spacial score (nSPS) is 24.9. The Bertz CT molecular complexity index is 2740. The maximum absolute atomic E-state index is 14.4. The summed E-state index contributed by atoms with van der Waals surface area (Å²) in [5.74, 6) is -3.22. The number of likely N-dealkylation sites (N-methyl/N-ethyl adjacent to an activating group) is 1. The number of allylic oxidation sites excluding steroid dienone is 3. The molecule has 2 aromatic carbocycles. The molecule has 0 aliphatic carbocycles. The first-order valence-corrected chi connectivity index (χ1v) is 26.7. The number of hydrogen-bond donors (Lipinski definition) is 6. The summed E-state index contributed by atoms with van der Waals surface area (Å²) >= 11 is 6.84. The Morgan fingerprint density at radius 1 is 1.03 bits per heavy atom. The second-order valence-corrected chi connectivity index (χ2v) is 21.0. The first-order chi connectivity index (χ1) is 37.5. The monoisotopic (exact) mass is 1120 g/mol. The number of aromatic nitrogens is 1. The number of nitrogens with one attached hydrogen (secondary N) is 3. The fraction of sp³-hybridized carbons (Fsp3) is 0.564. The second kappa shape index (κ2) is 27.3. The number of benzene rings is 2. The van der Waals surface area contributed by atoms with Gasteiger partial charge in [0.15, 0.2) is 5.72 Å². The Kier molecular flexibility index (Phi) is 21.5. The van der Waals surface area contributed by atoms with Crippen molar-refractivity contribution in [3.8, 4) is 5.75 Å². The van der Waals surface area contributed by atoms with E-state index in [9.17, 15) is 44.1 Å². The summed E-state index contributed by atoms with van der Waals surface area (Å²) < 4.78 is 31.6. The van der Waals surface area contributed by atoms with Gasteiger partial charge in [-0.05, 0) is 69.5 Å². The van der Waals surface area contributed by atoms with Crippen LogP contribution in [0.3, 0.4) is 0 Å². The number of anilines is 1. The zero-order chi connectivity index (χ0) is 57.9. The Morgan fingerprint density at radius 2 is 1.75 bits per heavy atom. The largest absolute Gasteiger partial charge is 0.495 e. The summed E-state index contributed by atoms with van der Waals surface area (Å²) in [6.07, 6.45) is -0.0839. The van der Waals surface area contributed by atoms with Crippen molar-refractivity contribution in [2.75, 3.05) is 86.7 Å². The maximum atomic E-state index is 14.4. The molecule has 0 unspecified atom stereocenters. The minimum Gasteiger partial charge on any atom is -0.495 e. The molecular weight excluding hydrogens is 1050 g/mol. The molecule has 2 fully saturated rings. The smallest absolute Gasteiger partial charge is 0.409 e. The number of hydrazine groups is 2. The number of aryl methyl sites for hydroxylation is 1. The van der Waals surface area contributed by atoms with Crippen LogP contribution < -0.4 is 25.8 Å². The second-order valence-electron chi connectivity index (χ2n) is 20.6. The van der Waals surface area contributed by atoms with Gasteiger partial charge >= 0.3 is 12.1 Å². The van der Waals surface area contributed by atoms with Crippen molar-refractivity contribution in [3.05, 3.63) is 82.5 Å². The van der Waals surface area contributed by atoms with E-state index in [1.165, 1.54) is 50.0 Å². The van der Waals surface area contributed by atoms with Crippen LogP contribution in [0, 0.1) is 5.92 Å². The number of amides is 5. The maximum Gasteiger partial charge on any atom is 0.409 e. The molecule has 4 bridgehead atoms. The number of esters is 1. The molecule has 4 heterocycles. The molecule has 23 nitrogen and oxygen atoms in total. The minimum absolute atomic E-state index is 0.0539. The van der Waals surface area contributed by atoms with Crippen LogP contribution >= 0.6 is 11.6 Å². The summed E-state index contributed by atoms with van der Waals surface area (Å²) in [7, 11) is 9.51. The summed E-state index contributed by atoms with van der Waals surface area (Å²) in [6, 6.07) is 12.2. The van der Waals surface area contributed by atoms with E-state index in [4.69, 9.17) is 35.3 Å². The summed E-state index contributed by atoms with van der Waals surface area (Å²) in [5.41, 5.74) is 6.47. The van der Waals surface area contributed by atoms with Crippen LogP contribution in [0.2, 0.25) is 5.02 Å². The number of fused-ring (bicyclic) bond motifs is 6. The summed E-state index contributed by atoms with van der Waals surface area (Å²) in [6.45, 7) is 6.05. The number of hydrogen-bond acceptors (Lipinski definition) is 17. The fourth-order valence-corrected chi connectivity index (χ4v) is 10.4. The number of nitrogens with zero attached hydrogens (tertiary/aromatic N) is 6. The summed E-state index contributed by atoms with van der Waals surface area (Å²) in [5, 5.41) is 38.6. The minimum atomic E-state index is -1.90. The molecule has 1 aromatic heterocycles. The molecule has 6 rings (SSSR count). The van der Waals surface area contributed by atoms with Crippen LogP contribution in [0.15, 0.2) is 66.3 Å². The molecule has 24 heteroatoms. The molecule has 434 valence electrons. The van der Waals surface area contributed by atoms with E-state index in [0.29, 0.717) is 30.9 Å². The Labute approximate surface area is 466 Å². The molecular formula is C55H78ClN9O14. The number of epoxide rings is 1. The van der Waals surface area contributed by atoms with Crippen molar-refractivity contribution in [3.63, 3.8) is 0 Å². The van der Waals surface area contributed by atoms with Crippen molar-refractivity contribution in [2.45, 2.75) is 115 Å². The van der Waals surface area contributed by atoms with Crippen molar-refractivity contribution in [1.82, 2.24) is 40.6 Å². The SMILES string of the molecule is CNN(C)Cc1cc2ccccc2n1CCC(=O)NN(CCO)CC(=O)N(CCO)CCC(=O)N(C)[C@@H](C)C(=O)O[C@H]1CC(=O)N(C)c2cc(cc(OC)c2Cl)C/C(C)=C/C=C/[C@@H](OC)[C@@]2(O)C[C@H](OC(=O)N2)[C@@H](C)[C@@H]2O[C@]12C. The first-order valence-electron chi connectivity index (χ1n) is 26.4. The van der Waals surface area contributed by atoms with Crippen LogP contribution in [0.4, 0.5) is 10.5 Å². The molecule has 6 N–H and O–H groups in total. The average molecular weight is 1120 g/mol. The van der Waals surface area contributed by atoms with Crippen molar-refractivity contribution < 1.29 is 67.8 Å². The first kappa shape index (κ1) is 62.1. The van der Waals surface area contributed by atoms with E-state index in [-0.39, 0.29) is 57.1 Å². The van der Waals surface area contributed by atoms with Gasteiger partial charge in [0.2, 0.25) is 23.6 Å². The molecule has 8 atom stereocenters. The highest BCUT2D eigenvalue weighted by Crippen LogP contribution is 2.49. The van der Waals surface area contributed by atoms with Gasteiger partial charge in [-0.2, -0.15) is 0 Å². The van der Waals surface area contributed by atoms with Crippen molar-refractivity contribution >= 4 is 63.9 Å². The van der Waals surface area contributed by atoms with Gasteiger partial charge < -0.3 is 58.3 Å². The third-order valence-corrected chi connectivity index (χ3v) is 15.4. The molecule has 3 aliphatic rings. The standard InChI is InChI=1S/C55H78ClN9O14/c1-34-14-13-17-44(76-10)55(74)31-43(77-53(73)58-55)35(2)51-54(4,79-51)45(30-48(70)62(8)41-27-37(26-34)28-42(75-9)50(41)56)78-52(72)36(3)61(7)47(69)19-20-63(22-24-66)49(71)33-64(23-25-67)59-46(68)18-21-65-39(32-60(6)57-5)29-38-15-11-12-16-40(38)65/h11-17,27-29,35-36,43-45,51,57,66-67,74H,18-26,30-33H2,1-10H3,(H,58,73)(H,59,68)/b17-13+,34-14+/t35-,36+,43+,44-,45+,51+,54-,55+/m1/s1. The van der Waals surface area contributed by atoms with E-state index < -0.39 is 96.4 Å². The number of carbonyl (C=O) groups excluding carboxylic acids is 6. The summed E-state index contributed by atoms with van der Waals surface area (Å²) in [4.78, 5) is 86.5. The quantitative estimate of drug-likeness (QED) is 0.0509. The number of para-hydroxylation sites is 1. The molecule has 3 aliphatic heterocycles. The number of halogens is 1. The molecule has 3 aromatic rings. The molecule has 2 saturated heterocycles. The van der Waals surface area contributed by atoms with E-state index in [2.05, 4.69) is 26.8 Å². The van der Waals surface area contributed by atoms with Gasteiger partial charge in [-0.1, -0.05) is 60.5 Å². The van der Waals surface area contributed by atoms with Crippen LogP contribution in [0.25, 0.3) is 10.9 Å². The van der Waals surface area contributed by atoms with Crippen LogP contribution in [0.1, 0.15) is 64.6 Å². The number of carbonyl (C=O) groups is 6. The number of aliphatic hydroxyl groups is 3. The van der Waals surface area contributed by atoms with Crippen LogP contribution in [-0.4, -0.2) is 199 Å². The Balaban J connectivity index is 1.15. The van der Waals surface area contributed by atoms with Gasteiger partial charge in [-0.3, -0.25) is 35.3 Å². The van der Waals surface area contributed by atoms with Gasteiger partial charge in [0.25, 0.3) is 0 Å². The van der Waals surface area contributed by atoms with Gasteiger partial charge in [0.05, 0.1) is 51.6 Å². The Hall–Kier alpha value is -6.15. The number of ether oxygens (including phenoxy) is 5. The van der Waals surface area contributed by atoms with Gasteiger partial charge in [-0.15, -0.1) is 0 Å². The highest BCUT2D eigenvalue weighted by molar-refractivity contribution is 6.35. The lowest BCUT2D eigenvalue weighted by Gasteiger charge is -2.42. The van der Waals surface area contributed by atoms with Gasteiger partial charge in [-0.25, -0.2) is 19.6 Å². The van der Waals surface area contributed by atoms with E-state index in [1.54, 1.807) is 38.1 Å². The molecule has 0 spiro atoms. The van der Waals surface area contributed by atoms with E-state index >= 15 is 0 Å². The lowest BCUT2D eigenvalue weighted by Crippen LogP contribution is -2.63. The fourth-order valence-electron chi connectivity index (χ4n) is 10.1. The van der Waals surface area contributed by atoms with Gasteiger partial charge in [0, 0.05) is 90.8 Å². The topological polar surface area (TPSA) is 270 Å². The number of rotatable bonds is 21. The van der Waals surface area contributed by atoms with Crippen molar-refractivity contribution in [2.24, 2.45) is 5.92 Å². The average Bonchev–Trinajstić information content (AvgIpc) is 4.19. The van der Waals surface area contributed by atoms with E-state index in [0.717, 1.165) is 32.6 Å². The highest BCUT2D eigenvalue weighted by atomic mass is 35.5. The highest BCUT2D eigenvalue weighted by Gasteiger charge is 2.64. The van der Waals surface area contributed by atoms with E-state index in [1.807, 2.05) is 56.4 Å². The molecule has 79 heavy (non-hydrogen) atoms. The predicted molar refractivity (Wildman–Crippen MR) is 293 cm³/mol. The third kappa shape index (κ3) is 15.2. The number of aliphatic hydroxyl groups excluding tert-OH is 2. The lowest BCUT2D eigenvalue weighted by atomic mass is 9.83. The van der Waals surface area contributed by atoms with Crippen LogP contribution in [0.5, 0.6) is 5.75 Å². The molecule has 5 amide bonds. The number of alkyl carbamates (subject to hydrolysis) is 1. The number of methoxy groups -OCH3 is 2. The lowest BCUT2D eigenvalue weighted by molar-refractivity contribution is -0.162. The molecule has 0 radical (unpaired) electrons. The van der Waals surface area contributed by atoms with Gasteiger partial charge in [0.1, 0.15) is 40.7 Å². The van der Waals surface area contributed by atoms with Crippen LogP contribution in [-0.2, 0) is 62.4 Å². The third-order valence-electron chi connectivity index (χ3n) is 15.1. The zero-order valence-electron chi connectivity index (χ0n) is 46.8. The zero-order valence-corrected chi connectivity index (χ0v) is 47.6. The van der Waals surface area contributed by atoms with Crippen molar-refractivity contribution in [1.29, 1.82) is 0 Å². The predicted octanol–water partition coefficient (Wildman–Crippen LogP) is 2.66.